The van der Waals surface area contributed by atoms with E-state index in [0.29, 0.717) is 13.2 Å². The number of hydrogen-bond donors (Lipinski definition) is 0. The average molecular weight is 167 g/mol. The molecule has 0 aromatic carbocycles. The van der Waals surface area contributed by atoms with Gasteiger partial charge in [0.05, 0.1) is 6.61 Å². The van der Waals surface area contributed by atoms with Crippen LogP contribution in [0.4, 0.5) is 0 Å². The van der Waals surface area contributed by atoms with Gasteiger partial charge in [0.2, 0.25) is 0 Å². The molecule has 0 saturated carbocycles. The standard InChI is InChI=1S/C9H13NO2/c1-8-4-3-5-10(9(8)11)6-7-12-2/h3-5H,6-7H2,1-2H3. The van der Waals surface area contributed by atoms with E-state index in [2.05, 4.69) is 0 Å². The van der Waals surface area contributed by atoms with Crippen molar-refractivity contribution in [2.75, 3.05) is 13.7 Å². The summed E-state index contributed by atoms with van der Waals surface area (Å²) in [6.07, 6.45) is 1.77. The monoisotopic (exact) mass is 167 g/mol. The molecule has 66 valence electrons. The predicted molar refractivity (Wildman–Crippen MR) is 47.3 cm³/mol. The number of ether oxygens (including phenoxy) is 1. The van der Waals surface area contributed by atoms with E-state index in [9.17, 15) is 4.79 Å². The van der Waals surface area contributed by atoms with E-state index in [0.717, 1.165) is 5.56 Å². The summed E-state index contributed by atoms with van der Waals surface area (Å²) in [5.41, 5.74) is 0.836. The number of rotatable bonds is 3. The quantitative estimate of drug-likeness (QED) is 0.667. The normalized spacial score (nSPS) is 10.2. The minimum Gasteiger partial charge on any atom is -0.383 e. The summed E-state index contributed by atoms with van der Waals surface area (Å²) in [6, 6.07) is 3.68. The minimum absolute atomic E-state index is 0.0644. The first-order valence-electron chi connectivity index (χ1n) is 3.90. The Labute approximate surface area is 71.6 Å². The molecule has 1 aromatic rings. The lowest BCUT2D eigenvalue weighted by Crippen LogP contribution is -2.22. The summed E-state index contributed by atoms with van der Waals surface area (Å²) in [5, 5.41) is 0. The van der Waals surface area contributed by atoms with Crippen LogP contribution in [-0.4, -0.2) is 18.3 Å². The zero-order valence-corrected chi connectivity index (χ0v) is 7.41. The molecular formula is C9H13NO2. The van der Waals surface area contributed by atoms with Gasteiger partial charge in [0.15, 0.2) is 0 Å². The number of nitrogens with zero attached hydrogens (tertiary/aromatic N) is 1. The van der Waals surface area contributed by atoms with Gasteiger partial charge >= 0.3 is 0 Å². The molecule has 3 nitrogen and oxygen atoms in total. The molecule has 1 rings (SSSR count). The van der Waals surface area contributed by atoms with Gasteiger partial charge in [-0.25, -0.2) is 0 Å². The molecule has 1 aromatic heterocycles. The molecule has 0 N–H and O–H groups in total. The molecule has 0 fully saturated rings. The van der Waals surface area contributed by atoms with Gasteiger partial charge in [-0.3, -0.25) is 4.79 Å². The second-order valence-corrected chi connectivity index (χ2v) is 2.68. The van der Waals surface area contributed by atoms with Crippen molar-refractivity contribution < 1.29 is 4.74 Å². The van der Waals surface area contributed by atoms with Crippen molar-refractivity contribution in [1.29, 1.82) is 0 Å². The van der Waals surface area contributed by atoms with Crippen LogP contribution >= 0.6 is 0 Å². The maximum absolute atomic E-state index is 11.4. The Morgan fingerprint density at radius 1 is 1.58 bits per heavy atom. The van der Waals surface area contributed by atoms with E-state index < -0.39 is 0 Å². The summed E-state index contributed by atoms with van der Waals surface area (Å²) in [6.45, 7) is 3.01. The zero-order chi connectivity index (χ0) is 8.97. The van der Waals surface area contributed by atoms with Crippen molar-refractivity contribution in [1.82, 2.24) is 4.57 Å². The van der Waals surface area contributed by atoms with Crippen molar-refractivity contribution >= 4 is 0 Å². The third-order valence-electron chi connectivity index (χ3n) is 1.75. The van der Waals surface area contributed by atoms with Gasteiger partial charge in [0.25, 0.3) is 5.56 Å². The first-order chi connectivity index (χ1) is 5.75. The van der Waals surface area contributed by atoms with Crippen LogP contribution in [0.1, 0.15) is 5.56 Å². The molecule has 3 heteroatoms. The average Bonchev–Trinajstić information content (AvgIpc) is 2.08. The Morgan fingerprint density at radius 2 is 2.33 bits per heavy atom. The van der Waals surface area contributed by atoms with Crippen LogP contribution in [0.2, 0.25) is 0 Å². The van der Waals surface area contributed by atoms with Crippen molar-refractivity contribution in [3.63, 3.8) is 0 Å². The van der Waals surface area contributed by atoms with E-state index in [4.69, 9.17) is 4.74 Å². The first-order valence-corrected chi connectivity index (χ1v) is 3.90. The number of aromatic nitrogens is 1. The van der Waals surface area contributed by atoms with Gasteiger partial charge in [-0.15, -0.1) is 0 Å². The number of hydrogen-bond acceptors (Lipinski definition) is 2. The number of pyridine rings is 1. The van der Waals surface area contributed by atoms with Crippen molar-refractivity contribution in [3.05, 3.63) is 34.2 Å². The molecule has 0 aliphatic carbocycles. The maximum Gasteiger partial charge on any atom is 0.253 e. The van der Waals surface area contributed by atoms with E-state index >= 15 is 0 Å². The summed E-state index contributed by atoms with van der Waals surface area (Å²) >= 11 is 0. The van der Waals surface area contributed by atoms with E-state index in [1.54, 1.807) is 17.9 Å². The third kappa shape index (κ3) is 1.95. The largest absolute Gasteiger partial charge is 0.383 e. The molecule has 0 atom stereocenters. The highest BCUT2D eigenvalue weighted by Gasteiger charge is 1.96. The minimum atomic E-state index is 0.0644. The van der Waals surface area contributed by atoms with Gasteiger partial charge < -0.3 is 9.30 Å². The summed E-state index contributed by atoms with van der Waals surface area (Å²) in [5.74, 6) is 0. The van der Waals surface area contributed by atoms with Gasteiger partial charge in [0.1, 0.15) is 0 Å². The SMILES string of the molecule is COCCn1cccc(C)c1=O. The van der Waals surface area contributed by atoms with Gasteiger partial charge in [0, 0.05) is 25.4 Å². The molecule has 1 heterocycles. The highest BCUT2D eigenvalue weighted by Crippen LogP contribution is 1.88. The Hall–Kier alpha value is -1.09. The molecule has 0 bridgehead atoms. The molecule has 0 unspecified atom stereocenters. The fourth-order valence-electron chi connectivity index (χ4n) is 1.02. The lowest BCUT2D eigenvalue weighted by Gasteiger charge is -2.04. The maximum atomic E-state index is 11.4. The molecule has 0 aliphatic heterocycles. The summed E-state index contributed by atoms with van der Waals surface area (Å²) in [7, 11) is 1.63. The van der Waals surface area contributed by atoms with Crippen LogP contribution in [0.5, 0.6) is 0 Å². The lowest BCUT2D eigenvalue weighted by molar-refractivity contribution is 0.186. The predicted octanol–water partition coefficient (Wildman–Crippen LogP) is 0.803. The Balaban J connectivity index is 2.85. The van der Waals surface area contributed by atoms with Crippen LogP contribution in [0.3, 0.4) is 0 Å². The van der Waals surface area contributed by atoms with Gasteiger partial charge in [-0.2, -0.15) is 0 Å². The van der Waals surface area contributed by atoms with Gasteiger partial charge in [-0.05, 0) is 13.0 Å². The topological polar surface area (TPSA) is 31.2 Å². The van der Waals surface area contributed by atoms with Crippen molar-refractivity contribution in [2.24, 2.45) is 0 Å². The van der Waals surface area contributed by atoms with Crippen LogP contribution in [0.25, 0.3) is 0 Å². The second kappa shape index (κ2) is 4.07. The third-order valence-corrected chi connectivity index (χ3v) is 1.75. The van der Waals surface area contributed by atoms with Crippen LogP contribution in [0.15, 0.2) is 23.1 Å². The number of aryl methyl sites for hydroxylation is 1. The Bertz CT molecular complexity index is 304. The smallest absolute Gasteiger partial charge is 0.253 e. The molecule has 0 radical (unpaired) electrons. The zero-order valence-electron chi connectivity index (χ0n) is 7.41. The van der Waals surface area contributed by atoms with Crippen LogP contribution in [-0.2, 0) is 11.3 Å². The molecule has 0 saturated heterocycles. The molecule has 12 heavy (non-hydrogen) atoms. The molecule has 0 amide bonds. The summed E-state index contributed by atoms with van der Waals surface area (Å²) in [4.78, 5) is 11.4. The lowest BCUT2D eigenvalue weighted by atomic mass is 10.3. The Kier molecular flexibility index (Phi) is 3.05. The van der Waals surface area contributed by atoms with Gasteiger partial charge in [-0.1, -0.05) is 6.07 Å². The first kappa shape index (κ1) is 9.00. The molecule has 0 spiro atoms. The number of methoxy groups -OCH3 is 1. The Morgan fingerprint density at radius 3 is 3.00 bits per heavy atom. The highest BCUT2D eigenvalue weighted by molar-refractivity contribution is 5.07. The van der Waals surface area contributed by atoms with Crippen LogP contribution in [0, 0.1) is 6.92 Å². The van der Waals surface area contributed by atoms with E-state index in [-0.39, 0.29) is 5.56 Å². The second-order valence-electron chi connectivity index (χ2n) is 2.68. The van der Waals surface area contributed by atoms with Crippen LogP contribution < -0.4 is 5.56 Å². The fraction of sp³-hybridized carbons (Fsp3) is 0.444. The van der Waals surface area contributed by atoms with Crippen molar-refractivity contribution in [2.45, 2.75) is 13.5 Å². The van der Waals surface area contributed by atoms with Crippen molar-refractivity contribution in [3.8, 4) is 0 Å². The van der Waals surface area contributed by atoms with E-state index in [1.807, 2.05) is 19.1 Å². The molecular weight excluding hydrogens is 154 g/mol. The highest BCUT2D eigenvalue weighted by atomic mass is 16.5. The fourth-order valence-corrected chi connectivity index (χ4v) is 1.02. The molecule has 0 aliphatic rings. The van der Waals surface area contributed by atoms with E-state index in [1.165, 1.54) is 0 Å². The summed E-state index contributed by atoms with van der Waals surface area (Å²) < 4.78 is 6.53.